The smallest absolute Gasteiger partial charge is 0.230 e. The van der Waals surface area contributed by atoms with Crippen LogP contribution in [0.4, 0.5) is 5.13 Å². The molecule has 1 aliphatic rings. The number of amides is 2. The minimum atomic E-state index is -3.23. The molecular weight excluding hydrogens is 514 g/mol. The largest absolute Gasteiger partial charge is 0.493 e. The van der Waals surface area contributed by atoms with Gasteiger partial charge in [-0.2, -0.15) is 0 Å². The van der Waals surface area contributed by atoms with Gasteiger partial charge in [-0.25, -0.2) is 12.7 Å². The SMILES string of the molecule is COc1ccc(CCNC(=O)CSc2nnc(NC(=O)C3CCN(S(C)(=O)=O)CC3)s2)cc1OC. The summed E-state index contributed by atoms with van der Waals surface area (Å²) in [4.78, 5) is 24.7. The number of carbonyl (C=O) groups is 2. The second kappa shape index (κ2) is 12.5. The van der Waals surface area contributed by atoms with Gasteiger partial charge in [-0.3, -0.25) is 9.59 Å². The van der Waals surface area contributed by atoms with E-state index in [0.717, 1.165) is 5.56 Å². The zero-order chi connectivity index (χ0) is 25.4. The van der Waals surface area contributed by atoms with E-state index < -0.39 is 10.0 Å². The highest BCUT2D eigenvalue weighted by Gasteiger charge is 2.29. The standard InChI is InChI=1S/C21H29N5O6S3/c1-31-16-5-4-14(12-17(16)32-2)6-9-22-18(27)13-33-21-25-24-20(34-21)23-19(28)15-7-10-26(11-8-15)35(3,29)30/h4-5,12,15H,6-11,13H2,1-3H3,(H,22,27)(H,23,24,28). The van der Waals surface area contributed by atoms with Crippen molar-refractivity contribution in [3.63, 3.8) is 0 Å². The predicted octanol–water partition coefficient (Wildman–Crippen LogP) is 1.62. The molecule has 3 rings (SSSR count). The second-order valence-electron chi connectivity index (χ2n) is 7.88. The molecule has 2 N–H and O–H groups in total. The van der Waals surface area contributed by atoms with E-state index in [1.54, 1.807) is 14.2 Å². The third-order valence-electron chi connectivity index (χ3n) is 5.44. The van der Waals surface area contributed by atoms with Crippen molar-refractivity contribution in [1.82, 2.24) is 19.8 Å². The van der Waals surface area contributed by atoms with E-state index in [4.69, 9.17) is 9.47 Å². The Morgan fingerprint density at radius 1 is 1.17 bits per heavy atom. The highest BCUT2D eigenvalue weighted by atomic mass is 32.2. The van der Waals surface area contributed by atoms with E-state index in [0.29, 0.717) is 59.9 Å². The number of hydrogen-bond acceptors (Lipinski definition) is 10. The van der Waals surface area contributed by atoms with E-state index in [2.05, 4.69) is 20.8 Å². The molecule has 2 aromatic rings. The molecule has 1 aromatic heterocycles. The molecule has 11 nitrogen and oxygen atoms in total. The topological polar surface area (TPSA) is 140 Å². The fourth-order valence-corrected chi connectivity index (χ4v) is 6.00. The van der Waals surface area contributed by atoms with Crippen LogP contribution >= 0.6 is 23.1 Å². The summed E-state index contributed by atoms with van der Waals surface area (Å²) in [5.74, 6) is 0.877. The van der Waals surface area contributed by atoms with Crippen molar-refractivity contribution in [2.24, 2.45) is 5.92 Å². The number of thioether (sulfide) groups is 1. The van der Waals surface area contributed by atoms with Crippen LogP contribution in [0.15, 0.2) is 22.5 Å². The molecule has 1 aromatic carbocycles. The third-order valence-corrected chi connectivity index (χ3v) is 8.72. The Balaban J connectivity index is 1.38. The van der Waals surface area contributed by atoms with Crippen LogP contribution in [0.2, 0.25) is 0 Å². The second-order valence-corrected chi connectivity index (χ2v) is 12.1. The average molecular weight is 544 g/mol. The molecule has 2 heterocycles. The minimum absolute atomic E-state index is 0.131. The molecule has 0 unspecified atom stereocenters. The van der Waals surface area contributed by atoms with E-state index >= 15 is 0 Å². The zero-order valence-corrected chi connectivity index (χ0v) is 22.2. The van der Waals surface area contributed by atoms with Gasteiger partial charge in [-0.15, -0.1) is 10.2 Å². The first kappa shape index (κ1) is 27.2. The van der Waals surface area contributed by atoms with Crippen molar-refractivity contribution >= 4 is 50.1 Å². The summed E-state index contributed by atoms with van der Waals surface area (Å²) in [5, 5.41) is 14.0. The third kappa shape index (κ3) is 8.05. The molecule has 2 amide bonds. The van der Waals surface area contributed by atoms with Gasteiger partial charge in [0, 0.05) is 25.6 Å². The van der Waals surface area contributed by atoms with Crippen LogP contribution in [-0.4, -0.2) is 80.6 Å². The lowest BCUT2D eigenvalue weighted by Crippen LogP contribution is -2.40. The van der Waals surface area contributed by atoms with Crippen LogP contribution in [0.25, 0.3) is 0 Å². The predicted molar refractivity (Wildman–Crippen MR) is 135 cm³/mol. The summed E-state index contributed by atoms with van der Waals surface area (Å²) < 4.78 is 35.7. The maximum atomic E-state index is 12.5. The molecule has 0 spiro atoms. The lowest BCUT2D eigenvalue weighted by atomic mass is 9.97. The van der Waals surface area contributed by atoms with Gasteiger partial charge in [0.2, 0.25) is 27.0 Å². The van der Waals surface area contributed by atoms with E-state index in [9.17, 15) is 18.0 Å². The number of methoxy groups -OCH3 is 2. The summed E-state index contributed by atoms with van der Waals surface area (Å²) >= 11 is 2.44. The van der Waals surface area contributed by atoms with Crippen LogP contribution in [0.3, 0.4) is 0 Å². The zero-order valence-electron chi connectivity index (χ0n) is 19.8. The van der Waals surface area contributed by atoms with Crippen molar-refractivity contribution in [3.8, 4) is 11.5 Å². The fourth-order valence-electron chi connectivity index (χ4n) is 3.54. The Labute approximate surface area is 213 Å². The summed E-state index contributed by atoms with van der Waals surface area (Å²) in [7, 11) is -0.0744. The molecule has 0 radical (unpaired) electrons. The number of anilines is 1. The van der Waals surface area contributed by atoms with E-state index in [1.807, 2.05) is 18.2 Å². The van der Waals surface area contributed by atoms with E-state index in [-0.39, 0.29) is 23.5 Å². The number of piperidine rings is 1. The number of nitrogens with zero attached hydrogens (tertiary/aromatic N) is 3. The Bertz CT molecular complexity index is 1130. The van der Waals surface area contributed by atoms with Gasteiger partial charge >= 0.3 is 0 Å². The quantitative estimate of drug-likeness (QED) is 0.320. The number of carbonyl (C=O) groups excluding carboxylic acids is 2. The van der Waals surface area contributed by atoms with Gasteiger partial charge in [0.15, 0.2) is 15.8 Å². The van der Waals surface area contributed by atoms with Gasteiger partial charge < -0.3 is 20.1 Å². The Morgan fingerprint density at radius 3 is 2.54 bits per heavy atom. The molecule has 0 saturated carbocycles. The minimum Gasteiger partial charge on any atom is -0.493 e. The van der Waals surface area contributed by atoms with Crippen molar-refractivity contribution in [2.45, 2.75) is 23.6 Å². The molecule has 0 bridgehead atoms. The van der Waals surface area contributed by atoms with Gasteiger partial charge in [0.25, 0.3) is 0 Å². The summed E-state index contributed by atoms with van der Waals surface area (Å²) in [5.41, 5.74) is 1.02. The molecule has 1 saturated heterocycles. The molecule has 14 heteroatoms. The molecule has 0 aliphatic carbocycles. The van der Waals surface area contributed by atoms with Gasteiger partial charge in [-0.05, 0) is 37.0 Å². The number of benzene rings is 1. The molecular formula is C21H29N5O6S3. The lowest BCUT2D eigenvalue weighted by Gasteiger charge is -2.29. The number of sulfonamides is 1. The van der Waals surface area contributed by atoms with Crippen molar-refractivity contribution in [2.75, 3.05) is 51.2 Å². The first-order valence-electron chi connectivity index (χ1n) is 10.9. The van der Waals surface area contributed by atoms with Crippen molar-refractivity contribution in [1.29, 1.82) is 0 Å². The van der Waals surface area contributed by atoms with Gasteiger partial charge in [0.1, 0.15) is 0 Å². The molecule has 192 valence electrons. The van der Waals surface area contributed by atoms with E-state index in [1.165, 1.54) is 33.7 Å². The molecule has 35 heavy (non-hydrogen) atoms. The van der Waals surface area contributed by atoms with Crippen LogP contribution in [0.5, 0.6) is 11.5 Å². The monoisotopic (exact) mass is 543 g/mol. The summed E-state index contributed by atoms with van der Waals surface area (Å²) in [6.07, 6.45) is 2.74. The molecule has 1 aliphatic heterocycles. The first-order chi connectivity index (χ1) is 16.7. The Kier molecular flexibility index (Phi) is 9.71. The maximum absolute atomic E-state index is 12.5. The lowest BCUT2D eigenvalue weighted by molar-refractivity contribution is -0.121. The molecule has 0 atom stereocenters. The van der Waals surface area contributed by atoms with Crippen LogP contribution in [0, 0.1) is 5.92 Å². The number of rotatable bonds is 11. The van der Waals surface area contributed by atoms with Gasteiger partial charge in [0.05, 0.1) is 26.2 Å². The number of hydrogen-bond donors (Lipinski definition) is 2. The van der Waals surface area contributed by atoms with Crippen LogP contribution in [-0.2, 0) is 26.0 Å². The molecule has 1 fully saturated rings. The van der Waals surface area contributed by atoms with Crippen LogP contribution < -0.4 is 20.1 Å². The number of aromatic nitrogens is 2. The maximum Gasteiger partial charge on any atom is 0.230 e. The van der Waals surface area contributed by atoms with Crippen LogP contribution in [0.1, 0.15) is 18.4 Å². The Morgan fingerprint density at radius 2 is 1.89 bits per heavy atom. The summed E-state index contributed by atoms with van der Waals surface area (Å²) in [6, 6.07) is 5.64. The number of nitrogens with one attached hydrogen (secondary N) is 2. The average Bonchev–Trinajstić information content (AvgIpc) is 3.29. The van der Waals surface area contributed by atoms with Crippen molar-refractivity contribution in [3.05, 3.63) is 23.8 Å². The highest BCUT2D eigenvalue weighted by Crippen LogP contribution is 2.28. The summed E-state index contributed by atoms with van der Waals surface area (Å²) in [6.45, 7) is 1.13. The Hall–Kier alpha value is -2.42. The van der Waals surface area contributed by atoms with Crippen molar-refractivity contribution < 1.29 is 27.5 Å². The number of ether oxygens (including phenoxy) is 2. The fraction of sp³-hybridized carbons (Fsp3) is 0.524. The normalized spacial score (nSPS) is 14.9. The highest BCUT2D eigenvalue weighted by molar-refractivity contribution is 8.01. The first-order valence-corrected chi connectivity index (χ1v) is 14.5. The van der Waals surface area contributed by atoms with Gasteiger partial charge in [-0.1, -0.05) is 29.2 Å².